The van der Waals surface area contributed by atoms with Gasteiger partial charge in [0.15, 0.2) is 0 Å². The summed E-state index contributed by atoms with van der Waals surface area (Å²) in [7, 11) is 3.10. The van der Waals surface area contributed by atoms with Gasteiger partial charge in [0, 0.05) is 31.2 Å². The third-order valence-corrected chi connectivity index (χ3v) is 4.03. The van der Waals surface area contributed by atoms with E-state index in [1.807, 2.05) is 13.8 Å². The van der Waals surface area contributed by atoms with Crippen molar-refractivity contribution in [1.29, 1.82) is 0 Å². The van der Waals surface area contributed by atoms with Crippen molar-refractivity contribution in [3.63, 3.8) is 0 Å². The maximum absolute atomic E-state index is 12.8. The van der Waals surface area contributed by atoms with Gasteiger partial charge in [-0.05, 0) is 48.9 Å². The van der Waals surface area contributed by atoms with Crippen LogP contribution in [0.15, 0.2) is 36.4 Å². The van der Waals surface area contributed by atoms with Gasteiger partial charge in [0.05, 0.1) is 12.1 Å². The molecule has 2 N–H and O–H groups in total. The summed E-state index contributed by atoms with van der Waals surface area (Å²) in [5.41, 5.74) is 2.06. The first-order chi connectivity index (χ1) is 14.5. The molecule has 172 valence electrons. The van der Waals surface area contributed by atoms with Crippen molar-refractivity contribution in [3.05, 3.63) is 47.5 Å². The Morgan fingerprint density at radius 1 is 1.13 bits per heavy atom. The number of aryl methyl sites for hydroxylation is 1. The van der Waals surface area contributed by atoms with Gasteiger partial charge in [0.2, 0.25) is 0 Å². The highest BCUT2D eigenvalue weighted by Gasteiger charge is 2.31. The smallest absolute Gasteiger partial charge is 0.406 e. The molecule has 10 heteroatoms. The lowest BCUT2D eigenvalue weighted by atomic mass is 10.1. The van der Waals surface area contributed by atoms with Crippen molar-refractivity contribution < 1.29 is 31.5 Å². The molecule has 0 aromatic heterocycles. The standard InChI is InChI=1S/C19H20F5N3O2.C2H6/c1-11-8-16(27(3)10-17(20)21)14(9-15(11)25-2)18(28)26-12-4-6-13(7-5-12)29-19(22,23)24;1-2/h4-9,17,25H,10H2,1-3H3,(H,26,28);1-2H3. The van der Waals surface area contributed by atoms with Crippen LogP contribution in [0.2, 0.25) is 0 Å². The van der Waals surface area contributed by atoms with Crippen LogP contribution in [0.4, 0.5) is 39.0 Å². The zero-order chi connectivity index (χ0) is 23.8. The lowest BCUT2D eigenvalue weighted by Gasteiger charge is -2.23. The number of ether oxygens (including phenoxy) is 1. The third kappa shape index (κ3) is 7.95. The fourth-order valence-electron chi connectivity index (χ4n) is 2.70. The van der Waals surface area contributed by atoms with Crippen LogP contribution in [-0.2, 0) is 0 Å². The zero-order valence-electron chi connectivity index (χ0n) is 17.9. The molecule has 1 amide bonds. The number of nitrogens with one attached hydrogen (secondary N) is 2. The number of rotatable bonds is 7. The summed E-state index contributed by atoms with van der Waals surface area (Å²) in [6, 6.07) is 7.75. The van der Waals surface area contributed by atoms with Crippen molar-refractivity contribution in [2.24, 2.45) is 0 Å². The first-order valence-corrected chi connectivity index (χ1v) is 9.49. The molecule has 0 fully saturated rings. The molecule has 0 atom stereocenters. The van der Waals surface area contributed by atoms with Gasteiger partial charge in [0.1, 0.15) is 5.75 Å². The lowest BCUT2D eigenvalue weighted by Crippen LogP contribution is -2.27. The van der Waals surface area contributed by atoms with Crippen LogP contribution in [0.25, 0.3) is 0 Å². The van der Waals surface area contributed by atoms with E-state index < -0.39 is 31.0 Å². The highest BCUT2D eigenvalue weighted by atomic mass is 19.4. The first kappa shape index (κ1) is 26.0. The largest absolute Gasteiger partial charge is 0.573 e. The predicted molar refractivity (Wildman–Crippen MR) is 112 cm³/mol. The van der Waals surface area contributed by atoms with Crippen molar-refractivity contribution in [3.8, 4) is 5.75 Å². The highest BCUT2D eigenvalue weighted by molar-refractivity contribution is 6.09. The van der Waals surface area contributed by atoms with Crippen molar-refractivity contribution in [2.45, 2.75) is 33.6 Å². The Hall–Kier alpha value is -3.04. The molecule has 0 aliphatic rings. The summed E-state index contributed by atoms with van der Waals surface area (Å²) in [6.07, 6.45) is -7.41. The topological polar surface area (TPSA) is 53.6 Å². The fourth-order valence-corrected chi connectivity index (χ4v) is 2.70. The van der Waals surface area contributed by atoms with Crippen LogP contribution in [0.3, 0.4) is 0 Å². The van der Waals surface area contributed by atoms with E-state index in [-0.39, 0.29) is 11.3 Å². The van der Waals surface area contributed by atoms with Gasteiger partial charge in [-0.3, -0.25) is 4.79 Å². The number of hydrogen-bond donors (Lipinski definition) is 2. The number of carbonyl (C=O) groups is 1. The molecule has 2 aromatic carbocycles. The van der Waals surface area contributed by atoms with Crippen molar-refractivity contribution in [1.82, 2.24) is 0 Å². The molecule has 0 unspecified atom stereocenters. The molecule has 0 bridgehead atoms. The molecule has 0 saturated heterocycles. The Labute approximate surface area is 178 Å². The molecular formula is C21H26F5N3O2. The fraction of sp³-hybridized carbons (Fsp3) is 0.381. The van der Waals surface area contributed by atoms with E-state index in [0.29, 0.717) is 11.4 Å². The Morgan fingerprint density at radius 2 is 1.71 bits per heavy atom. The van der Waals surface area contributed by atoms with E-state index in [4.69, 9.17) is 0 Å². The number of hydrogen-bond acceptors (Lipinski definition) is 4. The normalized spacial score (nSPS) is 10.8. The van der Waals surface area contributed by atoms with Gasteiger partial charge in [-0.25, -0.2) is 8.78 Å². The minimum absolute atomic E-state index is 0.138. The summed E-state index contributed by atoms with van der Waals surface area (Å²) in [4.78, 5) is 14.0. The Kier molecular flexibility index (Phi) is 9.54. The summed E-state index contributed by atoms with van der Waals surface area (Å²) >= 11 is 0. The number of alkyl halides is 5. The second kappa shape index (κ2) is 11.4. The number of halogens is 5. The first-order valence-electron chi connectivity index (χ1n) is 9.49. The summed E-state index contributed by atoms with van der Waals surface area (Å²) in [5, 5.41) is 5.47. The molecule has 31 heavy (non-hydrogen) atoms. The molecule has 0 spiro atoms. The van der Waals surface area contributed by atoms with Gasteiger partial charge < -0.3 is 20.3 Å². The monoisotopic (exact) mass is 447 g/mol. The van der Waals surface area contributed by atoms with Gasteiger partial charge in [-0.15, -0.1) is 13.2 Å². The van der Waals surface area contributed by atoms with Gasteiger partial charge in [-0.2, -0.15) is 0 Å². The van der Waals surface area contributed by atoms with E-state index in [1.165, 1.54) is 30.1 Å². The maximum Gasteiger partial charge on any atom is 0.573 e. The average molecular weight is 447 g/mol. The quantitative estimate of drug-likeness (QED) is 0.518. The molecule has 0 aliphatic carbocycles. The van der Waals surface area contributed by atoms with Gasteiger partial charge in [-0.1, -0.05) is 13.8 Å². The average Bonchev–Trinajstić information content (AvgIpc) is 2.69. The molecule has 2 rings (SSSR count). The van der Waals surface area contributed by atoms with Crippen molar-refractivity contribution in [2.75, 3.05) is 36.2 Å². The van der Waals surface area contributed by atoms with E-state index in [0.717, 1.165) is 17.7 Å². The molecule has 0 radical (unpaired) electrons. The van der Waals surface area contributed by atoms with Crippen LogP contribution in [0.1, 0.15) is 29.8 Å². The number of nitrogens with zero attached hydrogens (tertiary/aromatic N) is 1. The van der Waals surface area contributed by atoms with E-state index in [1.54, 1.807) is 20.0 Å². The number of anilines is 3. The Morgan fingerprint density at radius 3 is 2.19 bits per heavy atom. The maximum atomic E-state index is 12.8. The van der Waals surface area contributed by atoms with Crippen LogP contribution in [0, 0.1) is 6.92 Å². The third-order valence-electron chi connectivity index (χ3n) is 4.03. The second-order valence-corrected chi connectivity index (χ2v) is 6.23. The highest BCUT2D eigenvalue weighted by Crippen LogP contribution is 2.29. The van der Waals surface area contributed by atoms with Gasteiger partial charge in [0.25, 0.3) is 12.3 Å². The van der Waals surface area contributed by atoms with E-state index in [2.05, 4.69) is 15.4 Å². The number of amides is 1. The molecule has 0 aliphatic heterocycles. The Balaban J connectivity index is 0.00000233. The Bertz CT molecular complexity index is 855. The van der Waals surface area contributed by atoms with Gasteiger partial charge >= 0.3 is 6.36 Å². The molecule has 0 heterocycles. The summed E-state index contributed by atoms with van der Waals surface area (Å²) in [5.74, 6) is -1.03. The number of carbonyl (C=O) groups excluding carboxylic acids is 1. The lowest BCUT2D eigenvalue weighted by molar-refractivity contribution is -0.274. The van der Waals surface area contributed by atoms with Crippen molar-refractivity contribution >= 4 is 23.0 Å². The van der Waals surface area contributed by atoms with E-state index >= 15 is 0 Å². The predicted octanol–water partition coefficient (Wildman–Crippen LogP) is 5.92. The summed E-state index contributed by atoms with van der Waals surface area (Å²) in [6.45, 7) is 5.20. The zero-order valence-corrected chi connectivity index (χ0v) is 17.9. The van der Waals surface area contributed by atoms with Crippen LogP contribution >= 0.6 is 0 Å². The molecule has 5 nitrogen and oxygen atoms in total. The minimum atomic E-state index is -4.82. The minimum Gasteiger partial charge on any atom is -0.406 e. The molecule has 0 saturated carbocycles. The van der Waals surface area contributed by atoms with E-state index in [9.17, 15) is 26.7 Å². The van der Waals surface area contributed by atoms with Crippen LogP contribution in [-0.4, -0.2) is 39.3 Å². The molecule has 2 aromatic rings. The second-order valence-electron chi connectivity index (χ2n) is 6.23. The SMILES string of the molecule is CC.CNc1cc(C(=O)Nc2ccc(OC(F)(F)F)cc2)c(N(C)CC(F)F)cc1C. The number of benzene rings is 2. The molecular weight excluding hydrogens is 421 g/mol. The van der Waals surface area contributed by atoms with Crippen LogP contribution < -0.4 is 20.3 Å². The summed E-state index contributed by atoms with van der Waals surface area (Å²) < 4.78 is 66.1. The van der Waals surface area contributed by atoms with Crippen LogP contribution in [0.5, 0.6) is 5.75 Å².